The number of ether oxygens (including phenoxy) is 1. The zero-order chi connectivity index (χ0) is 17.1. The van der Waals surface area contributed by atoms with Crippen LogP contribution in [0.3, 0.4) is 0 Å². The third-order valence-electron chi connectivity index (χ3n) is 5.03. The molecule has 1 fully saturated rings. The van der Waals surface area contributed by atoms with E-state index in [0.29, 0.717) is 5.92 Å². The van der Waals surface area contributed by atoms with Gasteiger partial charge in [-0.15, -0.1) is 0 Å². The van der Waals surface area contributed by atoms with Gasteiger partial charge in [-0.1, -0.05) is 24.3 Å². The smallest absolute Gasteiger partial charge is 0.229 e. The average molecular weight is 326 g/mol. The molecule has 4 heteroatoms. The second-order valence-electron chi connectivity index (χ2n) is 6.69. The lowest BCUT2D eigenvalue weighted by Crippen LogP contribution is -2.33. The van der Waals surface area contributed by atoms with E-state index in [1.165, 1.54) is 0 Å². The first kappa shape index (κ1) is 16.8. The van der Waals surface area contributed by atoms with E-state index < -0.39 is 0 Å². The van der Waals surface area contributed by atoms with Crippen molar-refractivity contribution in [2.24, 2.45) is 5.92 Å². The molecule has 2 aromatic carbocycles. The van der Waals surface area contributed by atoms with E-state index in [2.05, 4.69) is 23.5 Å². The molecule has 1 amide bonds. The minimum Gasteiger partial charge on any atom is -0.497 e. The summed E-state index contributed by atoms with van der Waals surface area (Å²) in [6.07, 6.45) is 1.09. The molecule has 0 saturated carbocycles. The molecule has 0 bridgehead atoms. The number of likely N-dealkylation sites (tertiary alicyclic amines) is 1. The van der Waals surface area contributed by atoms with Gasteiger partial charge >= 0.3 is 0 Å². The number of carbonyl (C=O) groups is 1. The first-order chi connectivity index (χ1) is 11.6. The van der Waals surface area contributed by atoms with E-state index in [1.54, 1.807) is 7.11 Å². The summed E-state index contributed by atoms with van der Waals surface area (Å²) in [6, 6.07) is 12.3. The molecule has 1 aliphatic heterocycles. The fourth-order valence-corrected chi connectivity index (χ4v) is 3.54. The maximum absolute atomic E-state index is 12.8. The van der Waals surface area contributed by atoms with E-state index in [1.807, 2.05) is 37.1 Å². The molecule has 1 heterocycles. The first-order valence-electron chi connectivity index (χ1n) is 8.63. The summed E-state index contributed by atoms with van der Waals surface area (Å²) in [5.41, 5.74) is 1.08. The number of hydrogen-bond acceptors (Lipinski definition) is 3. The van der Waals surface area contributed by atoms with Crippen molar-refractivity contribution in [3.63, 3.8) is 0 Å². The van der Waals surface area contributed by atoms with Gasteiger partial charge in [0.15, 0.2) is 0 Å². The van der Waals surface area contributed by atoms with Gasteiger partial charge in [0.1, 0.15) is 5.75 Å². The van der Waals surface area contributed by atoms with Crippen LogP contribution >= 0.6 is 0 Å². The zero-order valence-electron chi connectivity index (χ0n) is 14.7. The van der Waals surface area contributed by atoms with Crippen LogP contribution < -0.4 is 10.1 Å². The van der Waals surface area contributed by atoms with E-state index in [0.717, 1.165) is 48.1 Å². The number of methoxy groups -OCH3 is 1. The van der Waals surface area contributed by atoms with Crippen molar-refractivity contribution in [2.45, 2.75) is 19.3 Å². The van der Waals surface area contributed by atoms with Crippen molar-refractivity contribution in [3.05, 3.63) is 42.0 Å². The van der Waals surface area contributed by atoms with Crippen LogP contribution in [0.5, 0.6) is 5.75 Å². The molecule has 2 unspecified atom stereocenters. The van der Waals surface area contributed by atoms with Gasteiger partial charge < -0.3 is 15.0 Å². The van der Waals surface area contributed by atoms with Gasteiger partial charge in [0.2, 0.25) is 5.91 Å². The molecular weight excluding hydrogens is 300 g/mol. The molecule has 2 aromatic rings. The number of rotatable bonds is 5. The van der Waals surface area contributed by atoms with Gasteiger partial charge in [-0.3, -0.25) is 4.79 Å². The lowest BCUT2D eigenvalue weighted by Gasteiger charge is -2.21. The van der Waals surface area contributed by atoms with E-state index in [-0.39, 0.29) is 11.8 Å². The van der Waals surface area contributed by atoms with Crippen molar-refractivity contribution in [1.29, 1.82) is 0 Å². The minimum atomic E-state index is -0.107. The van der Waals surface area contributed by atoms with E-state index in [4.69, 9.17) is 4.74 Å². The first-order valence-corrected chi connectivity index (χ1v) is 8.63. The minimum absolute atomic E-state index is 0.107. The monoisotopic (exact) mass is 326 g/mol. The van der Waals surface area contributed by atoms with Crippen molar-refractivity contribution in [3.8, 4) is 5.75 Å². The number of fused-ring (bicyclic) bond motifs is 1. The van der Waals surface area contributed by atoms with Gasteiger partial charge in [-0.05, 0) is 61.3 Å². The molecule has 4 nitrogen and oxygen atoms in total. The Balaban J connectivity index is 1.75. The maximum Gasteiger partial charge on any atom is 0.229 e. The predicted octanol–water partition coefficient (Wildman–Crippen LogP) is 3.02. The highest BCUT2D eigenvalue weighted by molar-refractivity contribution is 5.88. The Bertz CT molecular complexity index is 729. The Morgan fingerprint density at radius 1 is 1.29 bits per heavy atom. The normalized spacial score (nSPS) is 18.8. The summed E-state index contributed by atoms with van der Waals surface area (Å²) in [4.78, 5) is 14.8. The van der Waals surface area contributed by atoms with Gasteiger partial charge in [-0.25, -0.2) is 0 Å². The van der Waals surface area contributed by atoms with Gasteiger partial charge in [0, 0.05) is 13.1 Å². The molecule has 0 spiro atoms. The summed E-state index contributed by atoms with van der Waals surface area (Å²) < 4.78 is 5.27. The van der Waals surface area contributed by atoms with Gasteiger partial charge in [-0.2, -0.15) is 0 Å². The maximum atomic E-state index is 12.8. The Labute approximate surface area is 143 Å². The van der Waals surface area contributed by atoms with Crippen LogP contribution in [0.2, 0.25) is 0 Å². The fourth-order valence-electron chi connectivity index (χ4n) is 3.54. The van der Waals surface area contributed by atoms with E-state index >= 15 is 0 Å². The Morgan fingerprint density at radius 3 is 2.79 bits per heavy atom. The van der Waals surface area contributed by atoms with Gasteiger partial charge in [0.05, 0.1) is 13.0 Å². The molecule has 2 atom stereocenters. The number of nitrogens with one attached hydrogen (secondary N) is 1. The quantitative estimate of drug-likeness (QED) is 0.918. The molecular formula is C20H26N2O2. The molecule has 1 aliphatic rings. The van der Waals surface area contributed by atoms with Crippen molar-refractivity contribution in [1.82, 2.24) is 10.2 Å². The molecule has 24 heavy (non-hydrogen) atoms. The number of nitrogens with zero attached hydrogens (tertiary/aromatic N) is 1. The van der Waals surface area contributed by atoms with Gasteiger partial charge in [0.25, 0.3) is 0 Å². The zero-order valence-corrected chi connectivity index (χ0v) is 14.7. The van der Waals surface area contributed by atoms with Crippen LogP contribution in [0.15, 0.2) is 36.4 Å². The fraction of sp³-hybridized carbons (Fsp3) is 0.450. The molecule has 1 saturated heterocycles. The molecule has 128 valence electrons. The number of hydrogen-bond donors (Lipinski definition) is 1. The summed E-state index contributed by atoms with van der Waals surface area (Å²) in [6.45, 7) is 4.74. The SMILES string of the molecule is CNCC1CCN(C(=O)C(C)c2ccc3cc(OC)ccc3c2)C1. The van der Waals surface area contributed by atoms with Crippen LogP contribution in [0, 0.1) is 5.92 Å². The molecule has 0 radical (unpaired) electrons. The number of benzene rings is 2. The second-order valence-corrected chi connectivity index (χ2v) is 6.69. The summed E-state index contributed by atoms with van der Waals surface area (Å²) in [5.74, 6) is 1.56. The lowest BCUT2D eigenvalue weighted by molar-refractivity contribution is -0.131. The molecule has 0 aromatic heterocycles. The lowest BCUT2D eigenvalue weighted by atomic mass is 9.96. The van der Waals surface area contributed by atoms with E-state index in [9.17, 15) is 4.79 Å². The third kappa shape index (κ3) is 3.39. The highest BCUT2D eigenvalue weighted by Crippen LogP contribution is 2.27. The van der Waals surface area contributed by atoms with Crippen molar-refractivity contribution < 1.29 is 9.53 Å². The highest BCUT2D eigenvalue weighted by Gasteiger charge is 2.29. The summed E-state index contributed by atoms with van der Waals surface area (Å²) in [7, 11) is 3.64. The molecule has 1 N–H and O–H groups in total. The summed E-state index contributed by atoms with van der Waals surface area (Å²) in [5, 5.41) is 5.48. The molecule has 0 aliphatic carbocycles. The number of amides is 1. The van der Waals surface area contributed by atoms with Crippen LogP contribution in [-0.2, 0) is 4.79 Å². The Kier molecular flexibility index (Phi) is 5.05. The summed E-state index contributed by atoms with van der Waals surface area (Å²) >= 11 is 0. The Morgan fingerprint density at radius 2 is 2.04 bits per heavy atom. The standard InChI is InChI=1S/C20H26N2O2/c1-14(20(23)22-9-8-15(13-22)12-21-2)16-4-5-18-11-19(24-3)7-6-17(18)10-16/h4-7,10-11,14-15,21H,8-9,12-13H2,1-3H3. The highest BCUT2D eigenvalue weighted by atomic mass is 16.5. The van der Waals surface area contributed by atoms with Crippen LogP contribution in [-0.4, -0.2) is 44.6 Å². The number of carbonyl (C=O) groups excluding carboxylic acids is 1. The topological polar surface area (TPSA) is 41.6 Å². The average Bonchev–Trinajstić information content (AvgIpc) is 3.08. The van der Waals surface area contributed by atoms with Crippen molar-refractivity contribution in [2.75, 3.05) is 33.8 Å². The molecule has 3 rings (SSSR count). The predicted molar refractivity (Wildman–Crippen MR) is 97.5 cm³/mol. The van der Waals surface area contributed by atoms with Crippen LogP contribution in [0.25, 0.3) is 10.8 Å². The van der Waals surface area contributed by atoms with Crippen LogP contribution in [0.1, 0.15) is 24.8 Å². The second kappa shape index (κ2) is 7.22. The largest absolute Gasteiger partial charge is 0.497 e. The Hall–Kier alpha value is -2.07. The van der Waals surface area contributed by atoms with Crippen molar-refractivity contribution >= 4 is 16.7 Å². The van der Waals surface area contributed by atoms with Crippen LogP contribution in [0.4, 0.5) is 0 Å². The third-order valence-corrected chi connectivity index (χ3v) is 5.03.